The van der Waals surface area contributed by atoms with Gasteiger partial charge in [-0.15, -0.1) is 12.4 Å². The van der Waals surface area contributed by atoms with Crippen LogP contribution in [0.15, 0.2) is 30.3 Å². The Balaban J connectivity index is 0.00000220. The van der Waals surface area contributed by atoms with Crippen LogP contribution in [0.4, 0.5) is 0 Å². The van der Waals surface area contributed by atoms with Crippen LogP contribution in [0.5, 0.6) is 5.75 Å². The van der Waals surface area contributed by atoms with E-state index in [1.54, 1.807) is 6.08 Å². The average Bonchev–Trinajstić information content (AvgIpc) is 2.47. The number of carboxylic acid groups (broad SMARTS) is 1. The first-order valence-corrected chi connectivity index (χ1v) is 6.68. The molecule has 0 unspecified atom stereocenters. The van der Waals surface area contributed by atoms with Gasteiger partial charge in [-0.3, -0.25) is 4.90 Å². The molecule has 0 amide bonds. The van der Waals surface area contributed by atoms with Gasteiger partial charge in [-0.1, -0.05) is 12.1 Å². The van der Waals surface area contributed by atoms with Crippen molar-refractivity contribution in [3.63, 3.8) is 0 Å². The van der Waals surface area contributed by atoms with E-state index in [0.29, 0.717) is 6.61 Å². The molecule has 0 aliphatic carbocycles. The van der Waals surface area contributed by atoms with Crippen molar-refractivity contribution in [3.8, 4) is 5.75 Å². The van der Waals surface area contributed by atoms with Crippen LogP contribution in [0.1, 0.15) is 5.56 Å². The van der Waals surface area contributed by atoms with Crippen LogP contribution in [-0.2, 0) is 9.53 Å². The number of ether oxygens (including phenoxy) is 2. The predicted molar refractivity (Wildman–Crippen MR) is 83.1 cm³/mol. The highest BCUT2D eigenvalue weighted by Gasteiger charge is 2.09. The molecule has 116 valence electrons. The van der Waals surface area contributed by atoms with Crippen LogP contribution in [0.25, 0.3) is 6.08 Å². The number of aliphatic carboxylic acids is 1. The van der Waals surface area contributed by atoms with Gasteiger partial charge in [0.15, 0.2) is 0 Å². The summed E-state index contributed by atoms with van der Waals surface area (Å²) in [5.41, 5.74) is 0.841. The quantitative estimate of drug-likeness (QED) is 0.813. The Bertz CT molecular complexity index is 455. The zero-order valence-corrected chi connectivity index (χ0v) is 12.6. The fourth-order valence-electron chi connectivity index (χ4n) is 1.96. The number of benzene rings is 1. The Morgan fingerprint density at radius 1 is 1.29 bits per heavy atom. The Labute approximate surface area is 130 Å². The van der Waals surface area contributed by atoms with Gasteiger partial charge in [0.25, 0.3) is 0 Å². The van der Waals surface area contributed by atoms with Crippen LogP contribution < -0.4 is 4.74 Å². The lowest BCUT2D eigenvalue weighted by molar-refractivity contribution is -0.131. The zero-order chi connectivity index (χ0) is 14.2. The molecule has 2 rings (SSSR count). The number of nitrogens with zero attached hydrogens (tertiary/aromatic N) is 1. The van der Waals surface area contributed by atoms with E-state index in [0.717, 1.165) is 50.2 Å². The van der Waals surface area contributed by atoms with Crippen molar-refractivity contribution in [2.75, 3.05) is 39.5 Å². The van der Waals surface area contributed by atoms with Gasteiger partial charge in [0.2, 0.25) is 0 Å². The monoisotopic (exact) mass is 313 g/mol. The Kier molecular flexibility index (Phi) is 7.82. The number of hydrogen-bond acceptors (Lipinski definition) is 4. The standard InChI is InChI=1S/C15H19NO4.ClH/c17-15(18)6-3-13-1-4-14(5-2-13)20-12-9-16-7-10-19-11-8-16;/h1-6H,7-12H2,(H,17,18);1H. The number of carbonyl (C=O) groups is 1. The second-order valence-corrected chi connectivity index (χ2v) is 4.54. The van der Waals surface area contributed by atoms with Crippen molar-refractivity contribution < 1.29 is 19.4 Å². The number of halogens is 1. The highest BCUT2D eigenvalue weighted by Crippen LogP contribution is 2.13. The van der Waals surface area contributed by atoms with E-state index in [1.807, 2.05) is 24.3 Å². The maximum absolute atomic E-state index is 10.4. The first kappa shape index (κ1) is 17.5. The highest BCUT2D eigenvalue weighted by atomic mass is 35.5. The third-order valence-corrected chi connectivity index (χ3v) is 3.08. The fraction of sp³-hybridized carbons (Fsp3) is 0.400. The van der Waals surface area contributed by atoms with Crippen LogP contribution in [0.3, 0.4) is 0 Å². The van der Waals surface area contributed by atoms with Gasteiger partial charge >= 0.3 is 5.97 Å². The Morgan fingerprint density at radius 2 is 1.95 bits per heavy atom. The van der Waals surface area contributed by atoms with Crippen LogP contribution >= 0.6 is 12.4 Å². The molecule has 5 nitrogen and oxygen atoms in total. The fourth-order valence-corrected chi connectivity index (χ4v) is 1.96. The van der Waals surface area contributed by atoms with Gasteiger partial charge in [-0.2, -0.15) is 0 Å². The van der Waals surface area contributed by atoms with Crippen molar-refractivity contribution in [2.24, 2.45) is 0 Å². The second kappa shape index (κ2) is 9.39. The molecule has 0 aromatic heterocycles. The maximum atomic E-state index is 10.4. The first-order valence-electron chi connectivity index (χ1n) is 6.68. The topological polar surface area (TPSA) is 59.0 Å². The molecule has 1 saturated heterocycles. The van der Waals surface area contributed by atoms with E-state index in [4.69, 9.17) is 14.6 Å². The summed E-state index contributed by atoms with van der Waals surface area (Å²) in [5.74, 6) is -0.151. The molecule has 0 saturated carbocycles. The maximum Gasteiger partial charge on any atom is 0.328 e. The van der Waals surface area contributed by atoms with Crippen LogP contribution in [-0.4, -0.2) is 55.4 Å². The van der Waals surface area contributed by atoms with E-state index in [9.17, 15) is 4.79 Å². The third kappa shape index (κ3) is 6.62. The molecule has 21 heavy (non-hydrogen) atoms. The van der Waals surface area contributed by atoms with Crippen molar-refractivity contribution >= 4 is 24.5 Å². The highest BCUT2D eigenvalue weighted by molar-refractivity contribution is 5.85. The zero-order valence-electron chi connectivity index (χ0n) is 11.7. The smallest absolute Gasteiger partial charge is 0.328 e. The van der Waals surface area contributed by atoms with Gasteiger partial charge in [-0.05, 0) is 23.8 Å². The number of carboxylic acids is 1. The van der Waals surface area contributed by atoms with Crippen molar-refractivity contribution in [1.29, 1.82) is 0 Å². The van der Waals surface area contributed by atoms with Gasteiger partial charge in [-0.25, -0.2) is 4.79 Å². The average molecular weight is 314 g/mol. The number of rotatable bonds is 6. The third-order valence-electron chi connectivity index (χ3n) is 3.08. The summed E-state index contributed by atoms with van der Waals surface area (Å²) in [4.78, 5) is 12.7. The summed E-state index contributed by atoms with van der Waals surface area (Å²) >= 11 is 0. The molecule has 1 aromatic carbocycles. The summed E-state index contributed by atoms with van der Waals surface area (Å²) in [5, 5.41) is 8.54. The molecule has 1 fully saturated rings. The van der Waals surface area contributed by atoms with Crippen molar-refractivity contribution in [1.82, 2.24) is 4.90 Å². The molecule has 1 heterocycles. The largest absolute Gasteiger partial charge is 0.492 e. The summed E-state index contributed by atoms with van der Waals surface area (Å²) < 4.78 is 11.0. The lowest BCUT2D eigenvalue weighted by Crippen LogP contribution is -2.38. The molecular weight excluding hydrogens is 294 g/mol. The number of morpholine rings is 1. The summed E-state index contributed by atoms with van der Waals surface area (Å²) in [7, 11) is 0. The predicted octanol–water partition coefficient (Wildman–Crippen LogP) is 1.92. The molecule has 1 N–H and O–H groups in total. The molecule has 0 bridgehead atoms. The molecule has 6 heteroatoms. The first-order chi connectivity index (χ1) is 9.74. The van der Waals surface area contributed by atoms with Gasteiger partial charge in [0.1, 0.15) is 12.4 Å². The van der Waals surface area contributed by atoms with E-state index in [1.165, 1.54) is 0 Å². The summed E-state index contributed by atoms with van der Waals surface area (Å²) in [6.07, 6.45) is 2.67. The van der Waals surface area contributed by atoms with Crippen LogP contribution in [0, 0.1) is 0 Å². The van der Waals surface area contributed by atoms with E-state index in [2.05, 4.69) is 4.90 Å². The van der Waals surface area contributed by atoms with Crippen molar-refractivity contribution in [3.05, 3.63) is 35.9 Å². The minimum Gasteiger partial charge on any atom is -0.492 e. The van der Waals surface area contributed by atoms with Gasteiger partial charge in [0.05, 0.1) is 13.2 Å². The normalized spacial score (nSPS) is 15.6. The minimum absolute atomic E-state index is 0. The number of hydrogen-bond donors (Lipinski definition) is 1. The van der Waals surface area contributed by atoms with Gasteiger partial charge in [0, 0.05) is 25.7 Å². The summed E-state index contributed by atoms with van der Waals surface area (Å²) in [6, 6.07) is 7.37. The molecular formula is C15H20ClNO4. The molecule has 1 aromatic rings. The van der Waals surface area contributed by atoms with E-state index in [-0.39, 0.29) is 12.4 Å². The van der Waals surface area contributed by atoms with Crippen molar-refractivity contribution in [2.45, 2.75) is 0 Å². The molecule has 0 radical (unpaired) electrons. The summed E-state index contributed by atoms with van der Waals surface area (Å²) in [6.45, 7) is 5.05. The molecule has 1 aliphatic rings. The Hall–Kier alpha value is -1.56. The molecule has 0 spiro atoms. The van der Waals surface area contributed by atoms with Crippen LogP contribution in [0.2, 0.25) is 0 Å². The minimum atomic E-state index is -0.948. The Morgan fingerprint density at radius 3 is 2.57 bits per heavy atom. The molecule has 0 atom stereocenters. The molecule has 1 aliphatic heterocycles. The second-order valence-electron chi connectivity index (χ2n) is 4.54. The van der Waals surface area contributed by atoms with E-state index >= 15 is 0 Å². The lowest BCUT2D eigenvalue weighted by atomic mass is 10.2. The van der Waals surface area contributed by atoms with Gasteiger partial charge < -0.3 is 14.6 Å². The lowest BCUT2D eigenvalue weighted by Gasteiger charge is -2.26. The SMILES string of the molecule is Cl.O=C(O)C=Cc1ccc(OCCN2CCOCC2)cc1. The van der Waals surface area contributed by atoms with E-state index < -0.39 is 5.97 Å².